The summed E-state index contributed by atoms with van der Waals surface area (Å²) in [5.41, 5.74) is 0.926. The molecule has 29 heavy (non-hydrogen) atoms. The first-order valence-electron chi connectivity index (χ1n) is 10.4. The summed E-state index contributed by atoms with van der Waals surface area (Å²) in [5.74, 6) is 0. The van der Waals surface area contributed by atoms with Crippen LogP contribution in [0.25, 0.3) is 21.5 Å². The van der Waals surface area contributed by atoms with Gasteiger partial charge in [-0.1, -0.05) is 74.2 Å². The third kappa shape index (κ3) is 5.08. The zero-order valence-corrected chi connectivity index (χ0v) is 20.1. The number of benzene rings is 3. The van der Waals surface area contributed by atoms with Crippen LogP contribution in [0.3, 0.4) is 0 Å². The van der Waals surface area contributed by atoms with Crippen molar-refractivity contribution in [3.05, 3.63) is 56.5 Å². The lowest BCUT2D eigenvalue weighted by Gasteiger charge is -2.27. The number of aliphatic hydroxyl groups is 1. The fraction of sp³-hybridized carbons (Fsp3) is 0.417. The third-order valence-electron chi connectivity index (χ3n) is 5.46. The van der Waals surface area contributed by atoms with Gasteiger partial charge in [0.2, 0.25) is 0 Å². The molecule has 2 nitrogen and oxygen atoms in total. The summed E-state index contributed by atoms with van der Waals surface area (Å²) in [4.78, 5) is 2.39. The van der Waals surface area contributed by atoms with Crippen molar-refractivity contribution in [3.63, 3.8) is 0 Å². The standard InChI is InChI=1S/C24H28BrCl2NO/c1-3-5-11-28(12-6-4-2)15-22(29)23-16-9-7-8-10-17(16)24(25)19-14-21(27)20(26)13-18(19)23/h7-10,13-14,22,29H,3-6,11-12,15H2,1-2H3. The van der Waals surface area contributed by atoms with Gasteiger partial charge in [0.25, 0.3) is 0 Å². The van der Waals surface area contributed by atoms with Crippen molar-refractivity contribution in [1.82, 2.24) is 4.90 Å². The number of fused-ring (bicyclic) bond motifs is 2. The molecule has 0 saturated heterocycles. The predicted octanol–water partition coefficient (Wildman–Crippen LogP) is 8.00. The number of nitrogens with zero attached hydrogens (tertiary/aromatic N) is 1. The van der Waals surface area contributed by atoms with Crippen molar-refractivity contribution in [2.45, 2.75) is 45.6 Å². The Kier molecular flexibility index (Phi) is 8.23. The topological polar surface area (TPSA) is 23.5 Å². The molecule has 3 aromatic rings. The molecule has 0 aliphatic rings. The van der Waals surface area contributed by atoms with Gasteiger partial charge in [-0.15, -0.1) is 0 Å². The quantitative estimate of drug-likeness (QED) is 0.303. The summed E-state index contributed by atoms with van der Waals surface area (Å²) in [6, 6.07) is 11.9. The Balaban J connectivity index is 2.12. The van der Waals surface area contributed by atoms with Gasteiger partial charge in [0, 0.05) is 11.0 Å². The highest BCUT2D eigenvalue weighted by molar-refractivity contribution is 9.10. The number of aliphatic hydroxyl groups excluding tert-OH is 1. The first kappa shape index (κ1) is 22.8. The molecule has 0 aliphatic carbocycles. The number of rotatable bonds is 9. The summed E-state index contributed by atoms with van der Waals surface area (Å²) in [6.07, 6.45) is 3.97. The highest BCUT2D eigenvalue weighted by atomic mass is 79.9. The lowest BCUT2D eigenvalue weighted by atomic mass is 9.93. The Hall–Kier alpha value is -0.840. The Bertz CT molecular complexity index is 984. The Morgan fingerprint density at radius 1 is 0.897 bits per heavy atom. The monoisotopic (exact) mass is 495 g/mol. The van der Waals surface area contributed by atoms with Crippen LogP contribution in [0.5, 0.6) is 0 Å². The third-order valence-corrected chi connectivity index (χ3v) is 7.04. The van der Waals surface area contributed by atoms with Crippen LogP contribution < -0.4 is 0 Å². The van der Waals surface area contributed by atoms with Gasteiger partial charge in [0.15, 0.2) is 0 Å². The van der Waals surface area contributed by atoms with Crippen LogP contribution in [-0.2, 0) is 0 Å². The van der Waals surface area contributed by atoms with Crippen LogP contribution in [0, 0.1) is 0 Å². The van der Waals surface area contributed by atoms with E-state index < -0.39 is 6.10 Å². The molecule has 156 valence electrons. The van der Waals surface area contributed by atoms with E-state index in [0.717, 1.165) is 70.4 Å². The van der Waals surface area contributed by atoms with E-state index in [1.54, 1.807) is 0 Å². The fourth-order valence-corrected chi connectivity index (χ4v) is 4.90. The van der Waals surface area contributed by atoms with Gasteiger partial charge in [-0.05, 0) is 81.1 Å². The van der Waals surface area contributed by atoms with Crippen LogP contribution in [0.15, 0.2) is 40.9 Å². The van der Waals surface area contributed by atoms with Crippen LogP contribution in [-0.4, -0.2) is 29.6 Å². The first-order valence-corrected chi connectivity index (χ1v) is 11.9. The summed E-state index contributed by atoms with van der Waals surface area (Å²) in [7, 11) is 0. The Morgan fingerprint density at radius 3 is 2.03 bits per heavy atom. The number of halogens is 3. The molecule has 0 amide bonds. The lowest BCUT2D eigenvalue weighted by Crippen LogP contribution is -2.31. The largest absolute Gasteiger partial charge is 0.387 e. The zero-order chi connectivity index (χ0) is 21.0. The molecule has 3 aromatic carbocycles. The predicted molar refractivity (Wildman–Crippen MR) is 130 cm³/mol. The molecule has 0 bridgehead atoms. The molecule has 0 spiro atoms. The van der Waals surface area contributed by atoms with Crippen molar-refractivity contribution < 1.29 is 5.11 Å². The van der Waals surface area contributed by atoms with E-state index in [1.807, 2.05) is 24.3 Å². The molecule has 0 aromatic heterocycles. The van der Waals surface area contributed by atoms with Crippen molar-refractivity contribution in [1.29, 1.82) is 0 Å². The minimum atomic E-state index is -0.610. The number of unbranched alkanes of at least 4 members (excludes halogenated alkanes) is 2. The normalized spacial score (nSPS) is 12.9. The second-order valence-corrected chi connectivity index (χ2v) is 9.22. The highest BCUT2D eigenvalue weighted by Gasteiger charge is 2.21. The molecule has 0 radical (unpaired) electrons. The van der Waals surface area contributed by atoms with Gasteiger partial charge in [-0.2, -0.15) is 0 Å². The molecule has 3 rings (SSSR count). The maximum Gasteiger partial charge on any atom is 0.0928 e. The van der Waals surface area contributed by atoms with Gasteiger partial charge >= 0.3 is 0 Å². The molecular formula is C24H28BrCl2NO. The highest BCUT2D eigenvalue weighted by Crippen LogP contribution is 2.42. The van der Waals surface area contributed by atoms with Crippen molar-refractivity contribution >= 4 is 60.7 Å². The van der Waals surface area contributed by atoms with Gasteiger partial charge < -0.3 is 10.0 Å². The van der Waals surface area contributed by atoms with E-state index >= 15 is 0 Å². The maximum atomic E-state index is 11.4. The smallest absolute Gasteiger partial charge is 0.0928 e. The second kappa shape index (κ2) is 10.5. The Labute approximate surface area is 191 Å². The van der Waals surface area contributed by atoms with Crippen molar-refractivity contribution in [2.75, 3.05) is 19.6 Å². The van der Waals surface area contributed by atoms with E-state index in [-0.39, 0.29) is 0 Å². The maximum absolute atomic E-state index is 11.4. The van der Waals surface area contributed by atoms with Crippen LogP contribution in [0.2, 0.25) is 10.0 Å². The van der Waals surface area contributed by atoms with E-state index in [9.17, 15) is 5.11 Å². The Morgan fingerprint density at radius 2 is 1.45 bits per heavy atom. The summed E-state index contributed by atoms with van der Waals surface area (Å²) < 4.78 is 0.978. The molecule has 0 heterocycles. The molecule has 5 heteroatoms. The van der Waals surface area contributed by atoms with E-state index in [1.165, 1.54) is 0 Å². The molecule has 1 atom stereocenters. The molecule has 0 fully saturated rings. The van der Waals surface area contributed by atoms with Gasteiger partial charge in [0.1, 0.15) is 0 Å². The van der Waals surface area contributed by atoms with E-state index in [4.69, 9.17) is 23.2 Å². The molecular weight excluding hydrogens is 469 g/mol. The molecule has 0 aliphatic heterocycles. The second-order valence-electron chi connectivity index (χ2n) is 7.61. The van der Waals surface area contributed by atoms with Crippen LogP contribution in [0.1, 0.15) is 51.2 Å². The molecule has 1 N–H and O–H groups in total. The van der Waals surface area contributed by atoms with Crippen LogP contribution in [0.4, 0.5) is 0 Å². The van der Waals surface area contributed by atoms with Crippen molar-refractivity contribution in [2.24, 2.45) is 0 Å². The van der Waals surface area contributed by atoms with E-state index in [2.05, 4.69) is 46.8 Å². The summed E-state index contributed by atoms with van der Waals surface area (Å²) >= 11 is 16.4. The van der Waals surface area contributed by atoms with E-state index in [0.29, 0.717) is 16.6 Å². The lowest BCUT2D eigenvalue weighted by molar-refractivity contribution is 0.113. The molecule has 0 saturated carbocycles. The zero-order valence-electron chi connectivity index (χ0n) is 17.0. The fourth-order valence-electron chi connectivity index (χ4n) is 3.90. The number of hydrogen-bond donors (Lipinski definition) is 1. The average Bonchev–Trinajstić information content (AvgIpc) is 2.72. The van der Waals surface area contributed by atoms with Gasteiger partial charge in [-0.3, -0.25) is 0 Å². The van der Waals surface area contributed by atoms with Gasteiger partial charge in [0.05, 0.1) is 16.1 Å². The minimum absolute atomic E-state index is 0.503. The SMILES string of the molecule is CCCCN(CCCC)CC(O)c1c2ccccc2c(Br)c2cc(Cl)c(Cl)cc12. The van der Waals surface area contributed by atoms with Crippen LogP contribution >= 0.6 is 39.1 Å². The van der Waals surface area contributed by atoms with Crippen molar-refractivity contribution in [3.8, 4) is 0 Å². The minimum Gasteiger partial charge on any atom is -0.387 e. The first-order chi connectivity index (χ1) is 14.0. The molecule has 1 unspecified atom stereocenters. The van der Waals surface area contributed by atoms with Gasteiger partial charge in [-0.25, -0.2) is 0 Å². The summed E-state index contributed by atoms with van der Waals surface area (Å²) in [5, 5.41) is 16.5. The average molecular weight is 497 g/mol. The summed E-state index contributed by atoms with van der Waals surface area (Å²) in [6.45, 7) is 7.03. The number of hydrogen-bond acceptors (Lipinski definition) is 2.